The molecule has 2 aliphatic rings. The molecule has 0 aliphatic carbocycles. The lowest BCUT2D eigenvalue weighted by molar-refractivity contribution is -0.0413. The van der Waals surface area contributed by atoms with E-state index in [1.807, 2.05) is 35.1 Å². The largest absolute Gasteiger partial charge is 0.352 e. The average molecular weight is 497 g/mol. The number of halogens is 3. The highest BCUT2D eigenvalue weighted by Crippen LogP contribution is 2.35. The van der Waals surface area contributed by atoms with Crippen molar-refractivity contribution in [1.29, 1.82) is 0 Å². The summed E-state index contributed by atoms with van der Waals surface area (Å²) in [5.41, 5.74) is 2.25. The number of piperidine rings is 1. The van der Waals surface area contributed by atoms with Crippen molar-refractivity contribution in [2.45, 2.75) is 37.6 Å². The van der Waals surface area contributed by atoms with Gasteiger partial charge in [-0.1, -0.05) is 54.1 Å². The van der Waals surface area contributed by atoms with E-state index in [2.05, 4.69) is 5.10 Å². The van der Waals surface area contributed by atoms with E-state index in [1.165, 1.54) is 0 Å². The Morgan fingerprint density at radius 1 is 1.09 bits per heavy atom. The Bertz CT molecular complexity index is 1150. The van der Waals surface area contributed by atoms with Gasteiger partial charge < -0.3 is 0 Å². The summed E-state index contributed by atoms with van der Waals surface area (Å²) in [6, 6.07) is 15.0. The van der Waals surface area contributed by atoms with E-state index >= 15 is 0 Å². The minimum Gasteiger partial charge on any atom is -0.245 e. The van der Waals surface area contributed by atoms with Crippen molar-refractivity contribution in [1.82, 2.24) is 14.0 Å². The monoisotopic (exact) mass is 496 g/mol. The highest BCUT2D eigenvalue weighted by molar-refractivity contribution is 7.87. The summed E-state index contributed by atoms with van der Waals surface area (Å²) >= 11 is 6.01. The normalized spacial score (nSPS) is 23.3. The molecule has 2 aromatic carbocycles. The third-order valence-electron chi connectivity index (χ3n) is 5.90. The molecule has 0 spiro atoms. The number of hydrazone groups is 1. The van der Waals surface area contributed by atoms with Gasteiger partial charge in [0.2, 0.25) is 0 Å². The summed E-state index contributed by atoms with van der Waals surface area (Å²) in [5.74, 6) is -3.21. The molecule has 0 radical (unpaired) electrons. The maximum Gasteiger partial charge on any atom is 0.352 e. The van der Waals surface area contributed by atoms with Crippen LogP contribution in [-0.2, 0) is 10.2 Å². The molecule has 176 valence electrons. The first-order chi connectivity index (χ1) is 15.6. The van der Waals surface area contributed by atoms with E-state index in [1.54, 1.807) is 31.2 Å². The maximum atomic E-state index is 13.4. The Balaban J connectivity index is 1.60. The van der Waals surface area contributed by atoms with Gasteiger partial charge in [-0.3, -0.25) is 0 Å². The summed E-state index contributed by atoms with van der Waals surface area (Å²) in [7, 11) is -4.29. The number of amides is 2. The summed E-state index contributed by atoms with van der Waals surface area (Å²) < 4.78 is 55.0. The summed E-state index contributed by atoms with van der Waals surface area (Å²) in [5, 5.41) is 6.12. The highest BCUT2D eigenvalue weighted by Gasteiger charge is 2.42. The lowest BCUT2D eigenvalue weighted by Gasteiger charge is -2.31. The molecular weight excluding hydrogens is 474 g/mol. The van der Waals surface area contributed by atoms with Gasteiger partial charge in [-0.15, -0.1) is 0 Å². The van der Waals surface area contributed by atoms with Crippen LogP contribution in [0.3, 0.4) is 0 Å². The van der Waals surface area contributed by atoms with E-state index in [0.29, 0.717) is 10.7 Å². The van der Waals surface area contributed by atoms with E-state index < -0.39 is 41.0 Å². The van der Waals surface area contributed by atoms with Crippen molar-refractivity contribution >= 4 is 33.6 Å². The molecule has 4 rings (SSSR count). The van der Waals surface area contributed by atoms with Crippen molar-refractivity contribution < 1.29 is 22.0 Å². The van der Waals surface area contributed by atoms with Gasteiger partial charge in [-0.2, -0.15) is 17.8 Å². The Labute approximate surface area is 196 Å². The second-order valence-electron chi connectivity index (χ2n) is 8.13. The first-order valence-corrected chi connectivity index (χ1v) is 12.3. The number of urea groups is 1. The number of benzene rings is 2. The van der Waals surface area contributed by atoms with Gasteiger partial charge in [0.15, 0.2) is 0 Å². The zero-order chi connectivity index (χ0) is 23.8. The van der Waals surface area contributed by atoms with Crippen molar-refractivity contribution in [3.63, 3.8) is 0 Å². The molecule has 11 heteroatoms. The maximum absolute atomic E-state index is 13.4. The number of nitrogens with one attached hydrogen (secondary N) is 1. The Hall–Kier alpha value is -2.56. The van der Waals surface area contributed by atoms with Crippen LogP contribution in [0.4, 0.5) is 13.6 Å². The van der Waals surface area contributed by atoms with Crippen LogP contribution in [0.2, 0.25) is 5.02 Å². The molecule has 0 aromatic heterocycles. The third kappa shape index (κ3) is 5.02. The van der Waals surface area contributed by atoms with Gasteiger partial charge >= 0.3 is 16.2 Å². The molecule has 1 N–H and O–H groups in total. The first kappa shape index (κ1) is 23.6. The van der Waals surface area contributed by atoms with Crippen LogP contribution in [0.5, 0.6) is 0 Å². The molecule has 0 saturated carbocycles. The van der Waals surface area contributed by atoms with Crippen LogP contribution in [0.15, 0.2) is 59.7 Å². The van der Waals surface area contributed by atoms with Gasteiger partial charge in [0.25, 0.3) is 5.92 Å². The quantitative estimate of drug-likeness (QED) is 0.688. The fourth-order valence-electron chi connectivity index (χ4n) is 4.10. The van der Waals surface area contributed by atoms with Crippen LogP contribution in [0, 0.1) is 0 Å². The fourth-order valence-corrected chi connectivity index (χ4v) is 5.33. The van der Waals surface area contributed by atoms with Gasteiger partial charge in [-0.05, 0) is 30.2 Å². The van der Waals surface area contributed by atoms with E-state index in [-0.39, 0.29) is 19.0 Å². The molecular formula is C22H23ClF2N4O3S. The predicted octanol–water partition coefficient (Wildman–Crippen LogP) is 4.22. The minimum atomic E-state index is -4.29. The summed E-state index contributed by atoms with van der Waals surface area (Å²) in [4.78, 5) is 13.0. The van der Waals surface area contributed by atoms with E-state index in [0.717, 1.165) is 20.4 Å². The van der Waals surface area contributed by atoms with Gasteiger partial charge in [0.1, 0.15) is 0 Å². The minimum absolute atomic E-state index is 0.311. The van der Waals surface area contributed by atoms with Crippen molar-refractivity contribution in [2.24, 2.45) is 5.10 Å². The molecule has 7 nitrogen and oxygen atoms in total. The predicted molar refractivity (Wildman–Crippen MR) is 122 cm³/mol. The summed E-state index contributed by atoms with van der Waals surface area (Å²) in [6.45, 7) is 1.05. The van der Waals surface area contributed by atoms with Gasteiger partial charge in [0.05, 0.1) is 17.7 Å². The number of nitrogens with zero attached hydrogens (tertiary/aromatic N) is 3. The number of hydrogen-bond acceptors (Lipinski definition) is 4. The molecule has 0 unspecified atom stereocenters. The number of carbonyl (C=O) groups is 1. The van der Waals surface area contributed by atoms with Crippen LogP contribution < -0.4 is 4.72 Å². The molecule has 0 bridgehead atoms. The molecule has 2 atom stereocenters. The second kappa shape index (κ2) is 9.00. The molecule has 1 fully saturated rings. The zero-order valence-electron chi connectivity index (χ0n) is 17.8. The fraction of sp³-hybridized carbons (Fsp3) is 0.364. The molecule has 1 saturated heterocycles. The molecule has 2 aliphatic heterocycles. The lowest BCUT2D eigenvalue weighted by atomic mass is 9.86. The Kier molecular flexibility index (Phi) is 6.43. The van der Waals surface area contributed by atoms with Crippen LogP contribution in [0.25, 0.3) is 0 Å². The van der Waals surface area contributed by atoms with E-state index in [4.69, 9.17) is 11.6 Å². The molecule has 2 aromatic rings. The lowest BCUT2D eigenvalue weighted by Crippen LogP contribution is -2.52. The number of hydrogen-bond donors (Lipinski definition) is 1. The highest BCUT2D eigenvalue weighted by atomic mass is 35.5. The topological polar surface area (TPSA) is 82.1 Å². The van der Waals surface area contributed by atoms with Crippen LogP contribution >= 0.6 is 11.6 Å². The zero-order valence-corrected chi connectivity index (χ0v) is 19.4. The second-order valence-corrected chi connectivity index (χ2v) is 10.2. The van der Waals surface area contributed by atoms with Gasteiger partial charge in [0, 0.05) is 31.0 Å². The smallest absolute Gasteiger partial charge is 0.245 e. The third-order valence-corrected chi connectivity index (χ3v) is 7.62. The standard InChI is InChI=1S/C22H23ClF2N4O3S/c1-15-19(16-5-3-2-4-6-16)20(17-7-9-18(23)10-8-17)26-29(15)21(30)27-33(31,32)28-13-11-22(24,25)12-14-28/h2-10,15,19H,11-14H2,1H3,(H,27,30)/t15-,19-/m1/s1. The molecule has 33 heavy (non-hydrogen) atoms. The SMILES string of the molecule is C[C@@H]1[C@H](c2ccccc2)C(c2ccc(Cl)cc2)=NN1C(=O)NS(=O)(=O)N1CCC(F)(F)CC1. The summed E-state index contributed by atoms with van der Waals surface area (Å²) in [6.07, 6.45) is -1.17. The number of alkyl halides is 2. The Morgan fingerprint density at radius 2 is 1.70 bits per heavy atom. The molecule has 2 amide bonds. The van der Waals surface area contributed by atoms with Gasteiger partial charge in [-0.25, -0.2) is 23.3 Å². The number of rotatable bonds is 4. The van der Waals surface area contributed by atoms with Crippen molar-refractivity contribution in [2.75, 3.05) is 13.1 Å². The first-order valence-electron chi connectivity index (χ1n) is 10.5. The van der Waals surface area contributed by atoms with Crippen LogP contribution in [0.1, 0.15) is 36.8 Å². The molecule has 2 heterocycles. The van der Waals surface area contributed by atoms with Crippen molar-refractivity contribution in [3.8, 4) is 0 Å². The number of carbonyl (C=O) groups excluding carboxylic acids is 1. The van der Waals surface area contributed by atoms with Crippen molar-refractivity contribution in [3.05, 3.63) is 70.7 Å². The van der Waals surface area contributed by atoms with E-state index in [9.17, 15) is 22.0 Å². The van der Waals surface area contributed by atoms with Crippen LogP contribution in [-0.4, -0.2) is 54.5 Å². The Morgan fingerprint density at radius 3 is 2.30 bits per heavy atom. The average Bonchev–Trinajstić information content (AvgIpc) is 3.11.